The van der Waals surface area contributed by atoms with Gasteiger partial charge in [0.15, 0.2) is 5.78 Å². The lowest BCUT2D eigenvalue weighted by molar-refractivity contribution is -0.125. The number of anilines is 1. The van der Waals surface area contributed by atoms with Crippen LogP contribution in [0.4, 0.5) is 10.6 Å². The summed E-state index contributed by atoms with van der Waals surface area (Å²) in [4.78, 5) is 67.0. The van der Waals surface area contributed by atoms with E-state index in [1.165, 1.54) is 14.4 Å². The largest absolute Gasteiger partial charge is 0.444 e. The average Bonchev–Trinajstić information content (AvgIpc) is 2.81. The van der Waals surface area contributed by atoms with Gasteiger partial charge in [0, 0.05) is 26.2 Å². The highest BCUT2D eigenvalue weighted by atomic mass is 16.6. The zero-order valence-electron chi connectivity index (χ0n) is 21.6. The van der Waals surface area contributed by atoms with Crippen LogP contribution in [0, 0.1) is 0 Å². The Hall–Kier alpha value is -3.93. The molecule has 200 valence electrons. The second kappa shape index (κ2) is 11.0. The number of nitrogens with two attached hydrogens (primary N) is 2. The molecule has 1 aromatic carbocycles. The monoisotopic (exact) mass is 514 g/mol. The number of carbonyl (C=O) groups excluding carboxylic acids is 3. The Labute approximate surface area is 214 Å². The predicted molar refractivity (Wildman–Crippen MR) is 137 cm³/mol. The van der Waals surface area contributed by atoms with Crippen LogP contribution in [0.25, 0.3) is 0 Å². The van der Waals surface area contributed by atoms with Crippen molar-refractivity contribution in [1.82, 2.24) is 18.9 Å². The molecule has 0 bridgehead atoms. The van der Waals surface area contributed by atoms with Crippen molar-refractivity contribution in [1.29, 1.82) is 0 Å². The highest BCUT2D eigenvalue weighted by Crippen LogP contribution is 2.17. The fourth-order valence-electron chi connectivity index (χ4n) is 4.21. The first-order chi connectivity index (χ1) is 17.3. The molecule has 1 saturated heterocycles. The first-order valence-corrected chi connectivity index (χ1v) is 12.1. The minimum Gasteiger partial charge on any atom is -0.444 e. The fourth-order valence-corrected chi connectivity index (χ4v) is 4.21. The third-order valence-electron chi connectivity index (χ3n) is 6.06. The van der Waals surface area contributed by atoms with Crippen LogP contribution in [0.15, 0.2) is 39.9 Å². The molecular weight excluding hydrogens is 480 g/mol. The smallest absolute Gasteiger partial charge is 0.410 e. The maximum Gasteiger partial charge on any atom is 0.410 e. The van der Waals surface area contributed by atoms with E-state index < -0.39 is 40.7 Å². The third kappa shape index (κ3) is 6.26. The third-order valence-corrected chi connectivity index (χ3v) is 6.06. The second-order valence-corrected chi connectivity index (χ2v) is 9.90. The van der Waals surface area contributed by atoms with Gasteiger partial charge in [-0.25, -0.2) is 9.59 Å². The lowest BCUT2D eigenvalue weighted by atomic mass is 10.1. The van der Waals surface area contributed by atoms with Gasteiger partial charge >= 0.3 is 11.8 Å². The summed E-state index contributed by atoms with van der Waals surface area (Å²) in [5.41, 5.74) is 10.1. The maximum atomic E-state index is 13.4. The molecule has 12 nitrogen and oxygen atoms in total. The summed E-state index contributed by atoms with van der Waals surface area (Å²) in [6.07, 6.45) is -0.590. The highest BCUT2D eigenvalue weighted by molar-refractivity contribution is 6.01. The number of carbonyl (C=O) groups is 3. The number of amides is 2. The van der Waals surface area contributed by atoms with Crippen molar-refractivity contribution < 1.29 is 19.1 Å². The van der Waals surface area contributed by atoms with E-state index in [2.05, 4.69) is 0 Å². The van der Waals surface area contributed by atoms with E-state index in [4.69, 9.17) is 16.2 Å². The fraction of sp³-hybridized carbons (Fsp3) is 0.480. The van der Waals surface area contributed by atoms with E-state index in [9.17, 15) is 24.0 Å². The Kier molecular flexibility index (Phi) is 8.22. The number of aromatic nitrogens is 2. The van der Waals surface area contributed by atoms with Gasteiger partial charge in [0.1, 0.15) is 23.0 Å². The molecule has 0 aliphatic carbocycles. The zero-order valence-corrected chi connectivity index (χ0v) is 21.6. The van der Waals surface area contributed by atoms with Crippen LogP contribution in [-0.4, -0.2) is 74.5 Å². The highest BCUT2D eigenvalue weighted by Gasteiger charge is 2.36. The Morgan fingerprint density at radius 3 is 2.27 bits per heavy atom. The number of hydrogen-bond donors (Lipinski definition) is 2. The van der Waals surface area contributed by atoms with Gasteiger partial charge in [-0.15, -0.1) is 0 Å². The number of ketones is 1. The normalized spacial score (nSPS) is 16.4. The molecule has 1 fully saturated rings. The van der Waals surface area contributed by atoms with Crippen LogP contribution in [0.3, 0.4) is 0 Å². The lowest BCUT2D eigenvalue weighted by Crippen LogP contribution is -2.60. The number of nitrogens with zero attached hydrogens (tertiary/aromatic N) is 4. The van der Waals surface area contributed by atoms with Crippen LogP contribution in [0.1, 0.15) is 43.6 Å². The van der Waals surface area contributed by atoms with E-state index in [1.807, 2.05) is 6.07 Å². The predicted octanol–water partition coefficient (Wildman–Crippen LogP) is 0.250. The van der Waals surface area contributed by atoms with Gasteiger partial charge in [-0.1, -0.05) is 30.3 Å². The molecule has 0 spiro atoms. The topological polar surface area (TPSA) is 163 Å². The summed E-state index contributed by atoms with van der Waals surface area (Å²) in [6.45, 7) is 6.86. The van der Waals surface area contributed by atoms with Crippen LogP contribution >= 0.6 is 0 Å². The van der Waals surface area contributed by atoms with Gasteiger partial charge in [0.05, 0.1) is 13.1 Å². The molecule has 0 radical (unpaired) electrons. The molecular formula is C25H34N6O6. The number of rotatable bonds is 7. The molecule has 2 amide bonds. The summed E-state index contributed by atoms with van der Waals surface area (Å²) >= 11 is 0. The van der Waals surface area contributed by atoms with Gasteiger partial charge in [0.25, 0.3) is 5.56 Å². The van der Waals surface area contributed by atoms with Crippen LogP contribution in [-0.2, 0) is 22.6 Å². The summed E-state index contributed by atoms with van der Waals surface area (Å²) in [5, 5.41) is 0. The molecule has 1 aliphatic heterocycles. The molecule has 1 aromatic heterocycles. The van der Waals surface area contributed by atoms with Gasteiger partial charge in [-0.3, -0.25) is 28.4 Å². The number of Topliss-reactive ketones (excluding diaryl/α,β-unsaturated/α-hetero) is 1. The van der Waals surface area contributed by atoms with Crippen molar-refractivity contribution in [2.45, 2.75) is 52.4 Å². The first kappa shape index (κ1) is 27.7. The van der Waals surface area contributed by atoms with E-state index in [1.54, 1.807) is 52.0 Å². The molecule has 0 saturated carbocycles. The van der Waals surface area contributed by atoms with Crippen molar-refractivity contribution in [3.63, 3.8) is 0 Å². The Bertz CT molecular complexity index is 1290. The van der Waals surface area contributed by atoms with Crippen molar-refractivity contribution in [3.8, 4) is 0 Å². The van der Waals surface area contributed by atoms with Crippen LogP contribution in [0.2, 0.25) is 0 Å². The Morgan fingerprint density at radius 1 is 1.05 bits per heavy atom. The van der Waals surface area contributed by atoms with E-state index in [0.29, 0.717) is 0 Å². The molecule has 2 heterocycles. The lowest BCUT2D eigenvalue weighted by Gasteiger charge is -2.39. The number of primary amides is 1. The zero-order chi connectivity index (χ0) is 27.5. The van der Waals surface area contributed by atoms with Gasteiger partial charge in [0.2, 0.25) is 5.91 Å². The van der Waals surface area contributed by atoms with Crippen molar-refractivity contribution >= 4 is 23.6 Å². The Balaban J connectivity index is 1.90. The molecule has 1 aliphatic rings. The minimum atomic E-state index is -0.977. The van der Waals surface area contributed by atoms with Crippen molar-refractivity contribution in [3.05, 3.63) is 62.3 Å². The number of hydrogen-bond acceptors (Lipinski definition) is 8. The van der Waals surface area contributed by atoms with Gasteiger partial charge in [-0.2, -0.15) is 0 Å². The van der Waals surface area contributed by atoms with Crippen molar-refractivity contribution in [2.75, 3.05) is 31.9 Å². The molecule has 4 N–H and O–H groups in total. The molecule has 1 atom stereocenters. The van der Waals surface area contributed by atoms with E-state index >= 15 is 0 Å². The van der Waals surface area contributed by atoms with E-state index in [-0.39, 0.29) is 50.6 Å². The second-order valence-electron chi connectivity index (χ2n) is 9.90. The first-order valence-electron chi connectivity index (χ1n) is 12.1. The molecule has 37 heavy (non-hydrogen) atoms. The molecule has 1 unspecified atom stereocenters. The van der Waals surface area contributed by atoms with Gasteiger partial charge in [-0.05, 0) is 33.3 Å². The number of benzene rings is 1. The van der Waals surface area contributed by atoms with Crippen LogP contribution < -0.4 is 22.7 Å². The quantitative estimate of drug-likeness (QED) is 0.497. The maximum absolute atomic E-state index is 13.4. The number of nitrogen functional groups attached to an aromatic ring is 1. The van der Waals surface area contributed by atoms with Gasteiger partial charge < -0.3 is 21.1 Å². The molecule has 3 rings (SSSR count). The molecule has 12 heteroatoms. The minimum absolute atomic E-state index is 0.0471. The summed E-state index contributed by atoms with van der Waals surface area (Å²) in [7, 11) is 0. The van der Waals surface area contributed by atoms with E-state index in [0.717, 1.165) is 10.1 Å². The molecule has 2 aromatic rings. The number of ether oxygens (including phenoxy) is 1. The van der Waals surface area contributed by atoms with Crippen LogP contribution in [0.5, 0.6) is 0 Å². The SMILES string of the molecule is CCn1c(=O)c(C(=O)CN2CCN(C(=O)OC(C)(C)C)CC2C(N)=O)c(N)n(Cc2ccccc2)c1=O. The standard InChI is InChI=1S/C25H34N6O6/c1-5-30-22(34)19(20(26)31(23(30)35)13-16-9-7-6-8-10-16)18(32)15-28-11-12-29(14-17(28)21(27)33)24(36)37-25(2,3)4/h6-10,17H,5,11-15,26H2,1-4H3,(H2,27,33). The summed E-state index contributed by atoms with van der Waals surface area (Å²) in [5.74, 6) is -1.62. The van der Waals surface area contributed by atoms with Crippen molar-refractivity contribution in [2.24, 2.45) is 5.73 Å². The number of piperazine rings is 1. The summed E-state index contributed by atoms with van der Waals surface area (Å²) < 4.78 is 7.53. The summed E-state index contributed by atoms with van der Waals surface area (Å²) in [6, 6.07) is 8.07. The Morgan fingerprint density at radius 2 is 1.70 bits per heavy atom. The average molecular weight is 515 g/mol.